The summed E-state index contributed by atoms with van der Waals surface area (Å²) in [6.07, 6.45) is 0.931. The van der Waals surface area contributed by atoms with Crippen molar-refractivity contribution < 1.29 is 4.79 Å². The molecule has 0 spiro atoms. The van der Waals surface area contributed by atoms with Gasteiger partial charge >= 0.3 is 0 Å². The minimum atomic E-state index is 0.0470. The molecule has 3 rings (SSSR count). The molecule has 0 saturated heterocycles. The third kappa shape index (κ3) is 3.06. The predicted molar refractivity (Wildman–Crippen MR) is 104 cm³/mol. The second kappa shape index (κ2) is 6.96. The zero-order valence-electron chi connectivity index (χ0n) is 14.0. The van der Waals surface area contributed by atoms with Crippen LogP contribution in [0.15, 0.2) is 47.8 Å². The third-order valence-corrected chi connectivity index (χ3v) is 5.83. The maximum atomic E-state index is 12.9. The summed E-state index contributed by atoms with van der Waals surface area (Å²) in [4.78, 5) is 14.7. The summed E-state index contributed by atoms with van der Waals surface area (Å²) in [5.74, 6) is 0.0470. The fourth-order valence-electron chi connectivity index (χ4n) is 2.76. The number of amides is 1. The molecule has 0 N–H and O–H groups in total. The van der Waals surface area contributed by atoms with Crippen LogP contribution in [-0.4, -0.2) is 23.9 Å². The third-order valence-electron chi connectivity index (χ3n) is 4.53. The second-order valence-corrected chi connectivity index (χ2v) is 7.34. The normalized spacial score (nSPS) is 12.3. The minimum Gasteiger partial charge on any atom is -0.339 e. The van der Waals surface area contributed by atoms with Gasteiger partial charge in [-0.1, -0.05) is 36.7 Å². The molecule has 0 saturated carbocycles. The Labute approximate surface area is 151 Å². The van der Waals surface area contributed by atoms with E-state index in [1.54, 1.807) is 11.3 Å². The lowest BCUT2D eigenvalue weighted by Crippen LogP contribution is -2.34. The van der Waals surface area contributed by atoms with Gasteiger partial charge in [0.15, 0.2) is 0 Å². The molecule has 2 aromatic carbocycles. The van der Waals surface area contributed by atoms with E-state index in [4.69, 9.17) is 11.6 Å². The molecule has 1 aromatic heterocycles. The van der Waals surface area contributed by atoms with Crippen LogP contribution in [0.25, 0.3) is 21.2 Å². The smallest absolute Gasteiger partial charge is 0.253 e. The first-order valence-corrected chi connectivity index (χ1v) is 9.32. The van der Waals surface area contributed by atoms with Gasteiger partial charge in [0.2, 0.25) is 0 Å². The van der Waals surface area contributed by atoms with Gasteiger partial charge in [-0.15, -0.1) is 11.3 Å². The highest BCUT2D eigenvalue weighted by molar-refractivity contribution is 7.17. The van der Waals surface area contributed by atoms with Crippen LogP contribution in [0.4, 0.5) is 0 Å². The van der Waals surface area contributed by atoms with Crippen molar-refractivity contribution in [1.82, 2.24) is 4.90 Å². The Morgan fingerprint density at radius 3 is 2.67 bits per heavy atom. The molecule has 0 bridgehead atoms. The van der Waals surface area contributed by atoms with E-state index in [0.717, 1.165) is 27.6 Å². The van der Waals surface area contributed by atoms with Gasteiger partial charge in [0.25, 0.3) is 5.91 Å². The van der Waals surface area contributed by atoms with Gasteiger partial charge in [-0.2, -0.15) is 0 Å². The van der Waals surface area contributed by atoms with Crippen molar-refractivity contribution in [3.05, 3.63) is 58.4 Å². The van der Waals surface area contributed by atoms with Crippen LogP contribution in [0.2, 0.25) is 5.02 Å². The van der Waals surface area contributed by atoms with Gasteiger partial charge in [-0.05, 0) is 48.4 Å². The maximum Gasteiger partial charge on any atom is 0.253 e. The Kier molecular flexibility index (Phi) is 4.93. The summed E-state index contributed by atoms with van der Waals surface area (Å²) >= 11 is 8.08. The molecule has 1 atom stereocenters. The molecule has 2 nitrogen and oxygen atoms in total. The van der Waals surface area contributed by atoms with Crippen molar-refractivity contribution in [2.75, 3.05) is 7.05 Å². The van der Waals surface area contributed by atoms with E-state index in [1.165, 1.54) is 0 Å². The lowest BCUT2D eigenvalue weighted by Gasteiger charge is -2.24. The highest BCUT2D eigenvalue weighted by Gasteiger charge is 2.19. The van der Waals surface area contributed by atoms with Gasteiger partial charge in [-0.3, -0.25) is 4.79 Å². The summed E-state index contributed by atoms with van der Waals surface area (Å²) in [5.41, 5.74) is 2.69. The van der Waals surface area contributed by atoms with Gasteiger partial charge in [-0.25, -0.2) is 0 Å². The Balaban J connectivity index is 2.15. The zero-order chi connectivity index (χ0) is 17.3. The van der Waals surface area contributed by atoms with Crippen LogP contribution in [-0.2, 0) is 0 Å². The molecule has 124 valence electrons. The number of thiophene rings is 1. The second-order valence-electron chi connectivity index (χ2n) is 6.02. The van der Waals surface area contributed by atoms with E-state index in [9.17, 15) is 4.79 Å². The number of halogens is 1. The number of rotatable bonds is 4. The van der Waals surface area contributed by atoms with Crippen LogP contribution < -0.4 is 0 Å². The van der Waals surface area contributed by atoms with E-state index in [0.29, 0.717) is 10.6 Å². The van der Waals surface area contributed by atoms with Crippen molar-refractivity contribution in [2.24, 2.45) is 0 Å². The Hall–Kier alpha value is -1.84. The Morgan fingerprint density at radius 2 is 1.96 bits per heavy atom. The molecule has 3 aromatic rings. The van der Waals surface area contributed by atoms with E-state index >= 15 is 0 Å². The summed E-state index contributed by atoms with van der Waals surface area (Å²) < 4.78 is 1.16. The minimum absolute atomic E-state index is 0.0470. The molecule has 0 aliphatic carbocycles. The number of carbonyl (C=O) groups is 1. The number of hydrogen-bond donors (Lipinski definition) is 0. The molecular weight excluding hydrogens is 338 g/mol. The lowest BCUT2D eigenvalue weighted by atomic mass is 10.00. The molecule has 0 radical (unpaired) electrons. The van der Waals surface area contributed by atoms with Crippen molar-refractivity contribution in [2.45, 2.75) is 26.3 Å². The van der Waals surface area contributed by atoms with Gasteiger partial charge in [0.05, 0.1) is 0 Å². The van der Waals surface area contributed by atoms with Gasteiger partial charge < -0.3 is 4.90 Å². The molecule has 1 heterocycles. The number of hydrogen-bond acceptors (Lipinski definition) is 2. The summed E-state index contributed by atoms with van der Waals surface area (Å²) in [6, 6.07) is 14.0. The fourth-order valence-corrected chi connectivity index (χ4v) is 3.91. The first-order chi connectivity index (χ1) is 11.5. The summed E-state index contributed by atoms with van der Waals surface area (Å²) in [7, 11) is 1.86. The lowest BCUT2D eigenvalue weighted by molar-refractivity contribution is 0.0741. The van der Waals surface area contributed by atoms with Crippen molar-refractivity contribution in [3.8, 4) is 11.1 Å². The number of fused-ring (bicyclic) bond motifs is 1. The molecule has 1 unspecified atom stereocenters. The SMILES string of the molecule is CCC(C)N(C)C(=O)c1cc(-c2ccccc2Cl)c2sccc2c1. The monoisotopic (exact) mass is 357 g/mol. The number of benzene rings is 2. The Morgan fingerprint density at radius 1 is 1.21 bits per heavy atom. The van der Waals surface area contributed by atoms with Crippen LogP contribution in [0.3, 0.4) is 0 Å². The van der Waals surface area contributed by atoms with E-state index in [2.05, 4.69) is 25.3 Å². The largest absolute Gasteiger partial charge is 0.339 e. The van der Waals surface area contributed by atoms with Crippen molar-refractivity contribution in [1.29, 1.82) is 0 Å². The number of nitrogens with zero attached hydrogens (tertiary/aromatic N) is 1. The zero-order valence-corrected chi connectivity index (χ0v) is 15.6. The van der Waals surface area contributed by atoms with E-state index in [-0.39, 0.29) is 11.9 Å². The summed E-state index contributed by atoms with van der Waals surface area (Å²) in [5, 5.41) is 3.84. The molecule has 4 heteroatoms. The molecule has 0 aliphatic rings. The average Bonchev–Trinajstić information content (AvgIpc) is 3.08. The average molecular weight is 358 g/mol. The standard InChI is InChI=1S/C20H20ClNOS/c1-4-13(2)22(3)20(23)15-11-14-9-10-24-19(14)17(12-15)16-7-5-6-8-18(16)21/h5-13H,4H2,1-3H3. The maximum absolute atomic E-state index is 12.9. The predicted octanol–water partition coefficient (Wildman–Crippen LogP) is 6.09. The van der Waals surface area contributed by atoms with Gasteiger partial charge in [0, 0.05) is 39.5 Å². The first-order valence-electron chi connectivity index (χ1n) is 8.06. The van der Waals surface area contributed by atoms with Crippen LogP contribution in [0.1, 0.15) is 30.6 Å². The first kappa shape index (κ1) is 17.0. The van der Waals surface area contributed by atoms with Crippen LogP contribution in [0, 0.1) is 0 Å². The quantitative estimate of drug-likeness (QED) is 0.553. The highest BCUT2D eigenvalue weighted by atomic mass is 35.5. The van der Waals surface area contributed by atoms with Crippen molar-refractivity contribution in [3.63, 3.8) is 0 Å². The molecule has 24 heavy (non-hydrogen) atoms. The summed E-state index contributed by atoms with van der Waals surface area (Å²) in [6.45, 7) is 4.15. The van der Waals surface area contributed by atoms with Crippen LogP contribution in [0.5, 0.6) is 0 Å². The fraction of sp³-hybridized carbons (Fsp3) is 0.250. The van der Waals surface area contributed by atoms with Gasteiger partial charge in [0.1, 0.15) is 0 Å². The molecule has 1 amide bonds. The van der Waals surface area contributed by atoms with E-state index in [1.807, 2.05) is 48.3 Å². The molecule has 0 fully saturated rings. The topological polar surface area (TPSA) is 20.3 Å². The van der Waals surface area contributed by atoms with E-state index < -0.39 is 0 Å². The van der Waals surface area contributed by atoms with Crippen LogP contribution >= 0.6 is 22.9 Å². The van der Waals surface area contributed by atoms with Crippen molar-refractivity contribution >= 4 is 38.9 Å². The highest BCUT2D eigenvalue weighted by Crippen LogP contribution is 2.37. The molecule has 0 aliphatic heterocycles. The Bertz CT molecular complexity index is 886. The number of carbonyl (C=O) groups excluding carboxylic acids is 1. The molecular formula is C20H20ClNOS.